The summed E-state index contributed by atoms with van der Waals surface area (Å²) >= 11 is 0. The van der Waals surface area contributed by atoms with Crippen LogP contribution in [0.4, 0.5) is 4.39 Å². The van der Waals surface area contributed by atoms with Gasteiger partial charge in [0.1, 0.15) is 5.82 Å². The first-order valence-corrected chi connectivity index (χ1v) is 5.05. The number of carbonyl (C=O) groups is 1. The molecular formula is C13H11FO2. The highest BCUT2D eigenvalue weighted by Crippen LogP contribution is 2.30. The van der Waals surface area contributed by atoms with Gasteiger partial charge in [-0.2, -0.15) is 0 Å². The maximum Gasteiger partial charge on any atom is 0.328 e. The van der Waals surface area contributed by atoms with Crippen LogP contribution in [0.3, 0.4) is 0 Å². The van der Waals surface area contributed by atoms with E-state index in [1.165, 1.54) is 18.2 Å². The Kier molecular flexibility index (Phi) is 2.86. The molecule has 0 saturated carbocycles. The van der Waals surface area contributed by atoms with Crippen LogP contribution in [0.15, 0.2) is 42.0 Å². The standard InChI is InChI=1S/C13H11FO2/c14-12-5-3-10(4-6-12)11-2-1-9(7-11)8-13(15)16/h3-8H,1-2H2,(H,15,16)/b9-8+. The lowest BCUT2D eigenvalue weighted by Gasteiger charge is -2.00. The summed E-state index contributed by atoms with van der Waals surface area (Å²) in [5.74, 6) is -1.18. The summed E-state index contributed by atoms with van der Waals surface area (Å²) in [5.41, 5.74) is 2.83. The predicted octanol–water partition coefficient (Wildman–Crippen LogP) is 3.01. The van der Waals surface area contributed by atoms with E-state index in [0.29, 0.717) is 0 Å². The Labute approximate surface area is 92.7 Å². The first-order valence-electron chi connectivity index (χ1n) is 5.05. The van der Waals surface area contributed by atoms with Crippen molar-refractivity contribution in [3.8, 4) is 0 Å². The zero-order valence-corrected chi connectivity index (χ0v) is 8.61. The van der Waals surface area contributed by atoms with Gasteiger partial charge in [-0.15, -0.1) is 0 Å². The molecule has 16 heavy (non-hydrogen) atoms. The maximum absolute atomic E-state index is 12.7. The second-order valence-electron chi connectivity index (χ2n) is 3.73. The van der Waals surface area contributed by atoms with Crippen molar-refractivity contribution in [2.24, 2.45) is 0 Å². The number of hydrogen-bond donors (Lipinski definition) is 1. The van der Waals surface area contributed by atoms with Crippen molar-refractivity contribution >= 4 is 11.5 Å². The van der Waals surface area contributed by atoms with E-state index in [2.05, 4.69) is 0 Å². The normalized spacial score (nSPS) is 17.6. The Morgan fingerprint density at radius 1 is 1.25 bits per heavy atom. The van der Waals surface area contributed by atoms with E-state index < -0.39 is 5.97 Å². The molecule has 0 aromatic heterocycles. The molecule has 0 unspecified atom stereocenters. The maximum atomic E-state index is 12.7. The van der Waals surface area contributed by atoms with E-state index >= 15 is 0 Å². The smallest absolute Gasteiger partial charge is 0.328 e. The van der Waals surface area contributed by atoms with Gasteiger partial charge in [-0.05, 0) is 41.7 Å². The molecule has 1 aromatic rings. The lowest BCUT2D eigenvalue weighted by atomic mass is 10.1. The van der Waals surface area contributed by atoms with Crippen molar-refractivity contribution < 1.29 is 14.3 Å². The lowest BCUT2D eigenvalue weighted by Crippen LogP contribution is -1.88. The minimum atomic E-state index is -0.924. The Morgan fingerprint density at radius 3 is 2.56 bits per heavy atom. The molecular weight excluding hydrogens is 207 g/mol. The van der Waals surface area contributed by atoms with Gasteiger partial charge < -0.3 is 5.11 Å². The van der Waals surface area contributed by atoms with E-state index in [1.807, 2.05) is 6.08 Å². The third-order valence-electron chi connectivity index (χ3n) is 2.57. The van der Waals surface area contributed by atoms with E-state index in [9.17, 15) is 9.18 Å². The molecule has 1 aromatic carbocycles. The summed E-state index contributed by atoms with van der Waals surface area (Å²) in [7, 11) is 0. The number of allylic oxidation sites excluding steroid dienone is 3. The van der Waals surface area contributed by atoms with Crippen molar-refractivity contribution in [3.63, 3.8) is 0 Å². The highest BCUT2D eigenvalue weighted by atomic mass is 19.1. The second kappa shape index (κ2) is 4.31. The van der Waals surface area contributed by atoms with E-state index in [4.69, 9.17) is 5.11 Å². The summed E-state index contributed by atoms with van der Waals surface area (Å²) in [5, 5.41) is 8.61. The number of rotatable bonds is 2. The molecule has 2 rings (SSSR count). The molecule has 0 spiro atoms. The fourth-order valence-electron chi connectivity index (χ4n) is 1.81. The quantitative estimate of drug-likeness (QED) is 0.775. The van der Waals surface area contributed by atoms with Gasteiger partial charge in [0.15, 0.2) is 0 Å². The molecule has 0 bridgehead atoms. The predicted molar refractivity (Wildman–Crippen MR) is 59.3 cm³/mol. The van der Waals surface area contributed by atoms with Gasteiger partial charge in [0.2, 0.25) is 0 Å². The van der Waals surface area contributed by atoms with Crippen molar-refractivity contribution in [3.05, 3.63) is 53.4 Å². The van der Waals surface area contributed by atoms with Crippen molar-refractivity contribution in [2.75, 3.05) is 0 Å². The van der Waals surface area contributed by atoms with Gasteiger partial charge in [-0.3, -0.25) is 0 Å². The number of aliphatic carboxylic acids is 1. The third-order valence-corrected chi connectivity index (χ3v) is 2.57. The summed E-state index contributed by atoms with van der Waals surface area (Å²) in [4.78, 5) is 10.5. The zero-order chi connectivity index (χ0) is 11.5. The van der Waals surface area contributed by atoms with Gasteiger partial charge in [0.25, 0.3) is 0 Å². The SMILES string of the molecule is O=C(O)/C=C1/C=C(c2ccc(F)cc2)CC1. The summed E-state index contributed by atoms with van der Waals surface area (Å²) in [6, 6.07) is 6.25. The highest BCUT2D eigenvalue weighted by Gasteiger charge is 2.11. The van der Waals surface area contributed by atoms with E-state index in [1.54, 1.807) is 12.1 Å². The molecule has 0 atom stereocenters. The topological polar surface area (TPSA) is 37.3 Å². The Balaban J connectivity index is 2.24. The number of halogens is 1. The van der Waals surface area contributed by atoms with Crippen LogP contribution in [0.1, 0.15) is 18.4 Å². The van der Waals surface area contributed by atoms with Gasteiger partial charge in [-0.25, -0.2) is 9.18 Å². The molecule has 0 amide bonds. The van der Waals surface area contributed by atoms with Crippen LogP contribution in [0.5, 0.6) is 0 Å². The molecule has 0 heterocycles. The summed E-state index contributed by atoms with van der Waals surface area (Å²) in [6.07, 6.45) is 4.63. The number of hydrogen-bond acceptors (Lipinski definition) is 1. The van der Waals surface area contributed by atoms with E-state index in [0.717, 1.165) is 29.6 Å². The van der Waals surface area contributed by atoms with Gasteiger partial charge in [0.05, 0.1) is 0 Å². The molecule has 3 heteroatoms. The van der Waals surface area contributed by atoms with Crippen LogP contribution < -0.4 is 0 Å². The molecule has 0 aliphatic heterocycles. The number of benzene rings is 1. The Bertz CT molecular complexity index is 469. The molecule has 82 valence electrons. The summed E-state index contributed by atoms with van der Waals surface area (Å²) < 4.78 is 12.7. The van der Waals surface area contributed by atoms with Crippen LogP contribution in [-0.4, -0.2) is 11.1 Å². The minimum absolute atomic E-state index is 0.261. The zero-order valence-electron chi connectivity index (χ0n) is 8.61. The fourth-order valence-corrected chi connectivity index (χ4v) is 1.81. The van der Waals surface area contributed by atoms with Gasteiger partial charge >= 0.3 is 5.97 Å². The Morgan fingerprint density at radius 2 is 1.94 bits per heavy atom. The molecule has 1 N–H and O–H groups in total. The monoisotopic (exact) mass is 218 g/mol. The van der Waals surface area contributed by atoms with Crippen molar-refractivity contribution in [2.45, 2.75) is 12.8 Å². The first kappa shape index (κ1) is 10.6. The van der Waals surface area contributed by atoms with Crippen LogP contribution in [0.2, 0.25) is 0 Å². The van der Waals surface area contributed by atoms with Crippen LogP contribution >= 0.6 is 0 Å². The fraction of sp³-hybridized carbons (Fsp3) is 0.154. The van der Waals surface area contributed by atoms with Crippen molar-refractivity contribution in [1.29, 1.82) is 0 Å². The molecule has 0 saturated heterocycles. The third kappa shape index (κ3) is 2.37. The lowest BCUT2D eigenvalue weighted by molar-refractivity contribution is -0.131. The molecule has 0 radical (unpaired) electrons. The summed E-state index contributed by atoms with van der Waals surface area (Å²) in [6.45, 7) is 0. The average molecular weight is 218 g/mol. The van der Waals surface area contributed by atoms with Crippen molar-refractivity contribution in [1.82, 2.24) is 0 Å². The number of carboxylic acids is 1. The minimum Gasteiger partial charge on any atom is -0.478 e. The molecule has 1 aliphatic rings. The van der Waals surface area contributed by atoms with Gasteiger partial charge in [0, 0.05) is 6.08 Å². The van der Waals surface area contributed by atoms with E-state index in [-0.39, 0.29) is 5.82 Å². The molecule has 2 nitrogen and oxygen atoms in total. The number of carboxylic acid groups (broad SMARTS) is 1. The largest absolute Gasteiger partial charge is 0.478 e. The molecule has 1 aliphatic carbocycles. The molecule has 0 fully saturated rings. The second-order valence-corrected chi connectivity index (χ2v) is 3.73. The average Bonchev–Trinajstić information content (AvgIpc) is 2.66. The highest BCUT2D eigenvalue weighted by molar-refractivity contribution is 5.83. The Hall–Kier alpha value is -1.90. The van der Waals surface area contributed by atoms with Crippen LogP contribution in [0.25, 0.3) is 5.57 Å². The van der Waals surface area contributed by atoms with Crippen LogP contribution in [0, 0.1) is 5.82 Å². The van der Waals surface area contributed by atoms with Gasteiger partial charge in [-0.1, -0.05) is 18.2 Å². The van der Waals surface area contributed by atoms with Crippen LogP contribution in [-0.2, 0) is 4.79 Å². The first-order chi connectivity index (χ1) is 7.65.